The smallest absolute Gasteiger partial charge is 0.237 e. The van der Waals surface area contributed by atoms with Crippen LogP contribution in [0.5, 0.6) is 5.75 Å². The third kappa shape index (κ3) is 6.19. The Kier molecular flexibility index (Phi) is 7.67. The van der Waals surface area contributed by atoms with Crippen molar-refractivity contribution in [3.05, 3.63) is 65.7 Å². The maximum atomic E-state index is 12.7. The fraction of sp³-hybridized carbons (Fsp3) is 0.409. The van der Waals surface area contributed by atoms with Crippen LogP contribution >= 0.6 is 0 Å². The van der Waals surface area contributed by atoms with Gasteiger partial charge in [-0.05, 0) is 56.9 Å². The highest BCUT2D eigenvalue weighted by Crippen LogP contribution is 2.20. The number of nitrogens with one attached hydrogen (secondary N) is 2. The standard InChI is InChI=1S/C22H30N2O2/c1-16(2)23-22(25)21(14-13-18-9-6-5-7-10-18)24-17(3)19-11-8-12-20(15-19)26-4/h5-12,15-17,21,24H,13-14H2,1-4H3,(H,23,25). The van der Waals surface area contributed by atoms with Crippen LogP contribution in [0.25, 0.3) is 0 Å². The molecule has 0 bridgehead atoms. The first-order valence-electron chi connectivity index (χ1n) is 9.24. The molecule has 2 aromatic carbocycles. The van der Waals surface area contributed by atoms with Gasteiger partial charge >= 0.3 is 0 Å². The van der Waals surface area contributed by atoms with Gasteiger partial charge in [0.25, 0.3) is 0 Å². The van der Waals surface area contributed by atoms with Crippen molar-refractivity contribution in [2.75, 3.05) is 7.11 Å². The molecule has 2 atom stereocenters. The number of benzene rings is 2. The summed E-state index contributed by atoms with van der Waals surface area (Å²) >= 11 is 0. The lowest BCUT2D eigenvalue weighted by atomic mass is 10.0. The predicted octanol–water partition coefficient (Wildman–Crippen LogP) is 3.87. The number of methoxy groups -OCH3 is 1. The zero-order chi connectivity index (χ0) is 18.9. The molecule has 1 amide bonds. The van der Waals surface area contributed by atoms with Crippen molar-refractivity contribution in [2.24, 2.45) is 0 Å². The van der Waals surface area contributed by atoms with E-state index in [1.807, 2.05) is 50.2 Å². The van der Waals surface area contributed by atoms with Crippen LogP contribution in [-0.4, -0.2) is 25.1 Å². The van der Waals surface area contributed by atoms with Crippen molar-refractivity contribution in [3.8, 4) is 5.75 Å². The lowest BCUT2D eigenvalue weighted by Crippen LogP contribution is -2.47. The van der Waals surface area contributed by atoms with Gasteiger partial charge in [0.15, 0.2) is 0 Å². The largest absolute Gasteiger partial charge is 0.497 e. The Hall–Kier alpha value is -2.33. The summed E-state index contributed by atoms with van der Waals surface area (Å²) in [5.41, 5.74) is 2.34. The minimum Gasteiger partial charge on any atom is -0.497 e. The number of amides is 1. The second-order valence-corrected chi connectivity index (χ2v) is 6.91. The topological polar surface area (TPSA) is 50.4 Å². The van der Waals surface area contributed by atoms with Crippen molar-refractivity contribution in [1.82, 2.24) is 10.6 Å². The molecule has 0 saturated heterocycles. The number of rotatable bonds is 9. The molecule has 0 aliphatic carbocycles. The third-order valence-corrected chi connectivity index (χ3v) is 4.36. The van der Waals surface area contributed by atoms with Crippen molar-refractivity contribution in [3.63, 3.8) is 0 Å². The van der Waals surface area contributed by atoms with E-state index in [1.54, 1.807) is 7.11 Å². The predicted molar refractivity (Wildman–Crippen MR) is 106 cm³/mol. The molecular formula is C22H30N2O2. The van der Waals surface area contributed by atoms with Gasteiger partial charge in [0.1, 0.15) is 5.75 Å². The molecule has 0 spiro atoms. The van der Waals surface area contributed by atoms with E-state index in [-0.39, 0.29) is 24.0 Å². The Morgan fingerprint density at radius 1 is 1.04 bits per heavy atom. The fourth-order valence-electron chi connectivity index (χ4n) is 2.94. The van der Waals surface area contributed by atoms with Crippen molar-refractivity contribution in [2.45, 2.75) is 51.7 Å². The number of carbonyl (C=O) groups is 1. The van der Waals surface area contributed by atoms with E-state index in [4.69, 9.17) is 4.74 Å². The van der Waals surface area contributed by atoms with E-state index >= 15 is 0 Å². The lowest BCUT2D eigenvalue weighted by Gasteiger charge is -2.24. The van der Waals surface area contributed by atoms with Crippen LogP contribution in [0.2, 0.25) is 0 Å². The van der Waals surface area contributed by atoms with Crippen molar-refractivity contribution < 1.29 is 9.53 Å². The Bertz CT molecular complexity index is 686. The summed E-state index contributed by atoms with van der Waals surface area (Å²) in [6.45, 7) is 6.04. The number of ether oxygens (including phenoxy) is 1. The molecule has 0 aliphatic rings. The van der Waals surface area contributed by atoms with E-state index < -0.39 is 0 Å². The van der Waals surface area contributed by atoms with Gasteiger partial charge in [0, 0.05) is 12.1 Å². The molecule has 2 rings (SSSR count). The second-order valence-electron chi connectivity index (χ2n) is 6.91. The summed E-state index contributed by atoms with van der Waals surface area (Å²) < 4.78 is 5.31. The summed E-state index contributed by atoms with van der Waals surface area (Å²) in [7, 11) is 1.66. The highest BCUT2D eigenvalue weighted by atomic mass is 16.5. The van der Waals surface area contributed by atoms with Gasteiger partial charge in [0.05, 0.1) is 13.2 Å². The summed E-state index contributed by atoms with van der Waals surface area (Å²) in [5, 5.41) is 6.52. The Labute approximate surface area is 157 Å². The summed E-state index contributed by atoms with van der Waals surface area (Å²) in [4.78, 5) is 12.7. The average molecular weight is 354 g/mol. The van der Waals surface area contributed by atoms with Gasteiger partial charge in [-0.3, -0.25) is 10.1 Å². The maximum Gasteiger partial charge on any atom is 0.237 e. The van der Waals surface area contributed by atoms with E-state index in [9.17, 15) is 4.79 Å². The molecule has 0 aromatic heterocycles. The van der Waals surface area contributed by atoms with Crippen LogP contribution in [0.1, 0.15) is 44.4 Å². The van der Waals surface area contributed by atoms with Crippen LogP contribution in [-0.2, 0) is 11.2 Å². The Morgan fingerprint density at radius 3 is 2.42 bits per heavy atom. The van der Waals surface area contributed by atoms with Crippen LogP contribution in [0.4, 0.5) is 0 Å². The average Bonchev–Trinajstić information content (AvgIpc) is 2.65. The summed E-state index contributed by atoms with van der Waals surface area (Å²) in [6, 6.07) is 18.1. The fourth-order valence-corrected chi connectivity index (χ4v) is 2.94. The second kappa shape index (κ2) is 9.97. The molecule has 140 valence electrons. The van der Waals surface area contributed by atoms with Crippen LogP contribution < -0.4 is 15.4 Å². The third-order valence-electron chi connectivity index (χ3n) is 4.36. The van der Waals surface area contributed by atoms with Crippen LogP contribution in [0.15, 0.2) is 54.6 Å². The van der Waals surface area contributed by atoms with Crippen molar-refractivity contribution >= 4 is 5.91 Å². The SMILES string of the molecule is COc1cccc(C(C)NC(CCc2ccccc2)C(=O)NC(C)C)c1. The molecule has 0 aliphatic heterocycles. The zero-order valence-corrected chi connectivity index (χ0v) is 16.2. The number of aryl methyl sites for hydroxylation is 1. The number of carbonyl (C=O) groups excluding carboxylic acids is 1. The first kappa shape index (κ1) is 20.0. The maximum absolute atomic E-state index is 12.7. The summed E-state index contributed by atoms with van der Waals surface area (Å²) in [6.07, 6.45) is 1.60. The first-order valence-corrected chi connectivity index (χ1v) is 9.24. The van der Waals surface area contributed by atoms with Crippen molar-refractivity contribution in [1.29, 1.82) is 0 Å². The quantitative estimate of drug-likeness (QED) is 0.719. The zero-order valence-electron chi connectivity index (χ0n) is 16.2. The van der Waals surface area contributed by atoms with Gasteiger partial charge in [-0.2, -0.15) is 0 Å². The normalized spacial score (nSPS) is 13.3. The Balaban J connectivity index is 2.07. The van der Waals surface area contributed by atoms with E-state index in [0.717, 1.165) is 24.2 Å². The molecule has 0 radical (unpaired) electrons. The number of hydrogen-bond donors (Lipinski definition) is 2. The molecule has 0 saturated carbocycles. The summed E-state index contributed by atoms with van der Waals surface area (Å²) in [5.74, 6) is 0.870. The molecule has 2 N–H and O–H groups in total. The van der Waals surface area contributed by atoms with Crippen LogP contribution in [0, 0.1) is 0 Å². The van der Waals surface area contributed by atoms with Gasteiger partial charge in [-0.1, -0.05) is 42.5 Å². The minimum absolute atomic E-state index is 0.0452. The molecule has 2 aromatic rings. The molecule has 4 heteroatoms. The molecule has 26 heavy (non-hydrogen) atoms. The molecule has 4 nitrogen and oxygen atoms in total. The highest BCUT2D eigenvalue weighted by molar-refractivity contribution is 5.82. The minimum atomic E-state index is -0.251. The van der Waals surface area contributed by atoms with E-state index in [1.165, 1.54) is 5.56 Å². The lowest BCUT2D eigenvalue weighted by molar-refractivity contribution is -0.124. The van der Waals surface area contributed by atoms with Gasteiger partial charge < -0.3 is 10.1 Å². The van der Waals surface area contributed by atoms with Gasteiger partial charge in [-0.25, -0.2) is 0 Å². The molecule has 0 heterocycles. The first-order chi connectivity index (χ1) is 12.5. The molecule has 2 unspecified atom stereocenters. The number of hydrogen-bond acceptors (Lipinski definition) is 3. The Morgan fingerprint density at radius 2 is 1.77 bits per heavy atom. The van der Waals surface area contributed by atoms with Gasteiger partial charge in [-0.15, -0.1) is 0 Å². The monoisotopic (exact) mass is 354 g/mol. The van der Waals surface area contributed by atoms with E-state index in [2.05, 4.69) is 35.8 Å². The highest BCUT2D eigenvalue weighted by Gasteiger charge is 2.21. The molecule has 0 fully saturated rings. The van der Waals surface area contributed by atoms with Gasteiger partial charge in [0.2, 0.25) is 5.91 Å². The van der Waals surface area contributed by atoms with E-state index in [0.29, 0.717) is 0 Å². The molecular weight excluding hydrogens is 324 g/mol. The van der Waals surface area contributed by atoms with Crippen LogP contribution in [0.3, 0.4) is 0 Å².